The number of rotatable bonds is 9. The molecule has 43 heavy (non-hydrogen) atoms. The van der Waals surface area contributed by atoms with Crippen molar-refractivity contribution in [1.82, 2.24) is 5.32 Å². The number of benzene rings is 3. The van der Waals surface area contributed by atoms with Crippen LogP contribution in [-0.2, 0) is 26.8 Å². The number of aliphatic carboxylic acids is 1. The van der Waals surface area contributed by atoms with Gasteiger partial charge in [0.1, 0.15) is 5.75 Å². The van der Waals surface area contributed by atoms with Crippen LogP contribution in [0.15, 0.2) is 41.8 Å². The van der Waals surface area contributed by atoms with Crippen LogP contribution in [0, 0.1) is 46.1 Å². The smallest absolute Gasteiger partial charge is 0.419 e. The molecule has 0 aliphatic carbocycles. The van der Waals surface area contributed by atoms with E-state index in [9.17, 15) is 54.9 Å². The molecule has 0 fully saturated rings. The van der Waals surface area contributed by atoms with Gasteiger partial charge in [-0.2, -0.15) is 0 Å². The van der Waals surface area contributed by atoms with E-state index in [2.05, 4.69) is 0 Å². The van der Waals surface area contributed by atoms with Crippen molar-refractivity contribution in [2.24, 2.45) is 0 Å². The molecule has 2 amide bonds. The lowest BCUT2D eigenvalue weighted by Crippen LogP contribution is -2.33. The highest BCUT2D eigenvalue weighted by Gasteiger charge is 2.28. The second-order valence-electron chi connectivity index (χ2n) is 8.70. The quantitative estimate of drug-likeness (QED) is 0.112. The molecule has 0 heterocycles. The van der Waals surface area contributed by atoms with Gasteiger partial charge in [-0.3, -0.25) is 25.0 Å². The Balaban J connectivity index is 1.84. The average Bonchev–Trinajstić information content (AvgIpc) is 2.92. The van der Waals surface area contributed by atoms with Gasteiger partial charge in [-0.15, -0.1) is 0 Å². The monoisotopic (exact) mass is 628 g/mol. The molecule has 3 aromatic carbocycles. The minimum atomic E-state index is -4.67. The summed E-state index contributed by atoms with van der Waals surface area (Å²) in [7, 11) is -4.67. The third kappa shape index (κ3) is 7.76. The van der Waals surface area contributed by atoms with Gasteiger partial charge < -0.3 is 9.84 Å². The molecule has 226 valence electrons. The Labute approximate surface area is 238 Å². The number of nitro benzene ring substituents is 1. The van der Waals surface area contributed by atoms with E-state index in [1.807, 2.05) is 5.32 Å². The van der Waals surface area contributed by atoms with Gasteiger partial charge >= 0.3 is 12.1 Å². The van der Waals surface area contributed by atoms with Gasteiger partial charge in [-0.25, -0.2) is 35.2 Å². The van der Waals surface area contributed by atoms with Gasteiger partial charge in [-0.05, 0) is 36.8 Å². The van der Waals surface area contributed by atoms with E-state index in [-0.39, 0.29) is 27.9 Å². The van der Waals surface area contributed by atoms with Crippen LogP contribution in [0.1, 0.15) is 32.6 Å². The minimum Gasteiger partial charge on any atom is -0.481 e. The molecule has 0 saturated heterocycles. The highest BCUT2D eigenvalue weighted by Crippen LogP contribution is 2.26. The summed E-state index contributed by atoms with van der Waals surface area (Å²) in [5.74, 6) is -16.2. The summed E-state index contributed by atoms with van der Waals surface area (Å²) in [6.45, 7) is 1.36. The zero-order chi connectivity index (χ0) is 32.2. The predicted molar refractivity (Wildman–Crippen MR) is 137 cm³/mol. The molecule has 11 nitrogen and oxygen atoms in total. The van der Waals surface area contributed by atoms with E-state index in [4.69, 9.17) is 9.84 Å². The molecular weight excluding hydrogens is 611 g/mol. The fourth-order valence-electron chi connectivity index (χ4n) is 3.58. The number of carboxylic acids is 1. The van der Waals surface area contributed by atoms with Crippen molar-refractivity contribution in [3.8, 4) is 5.75 Å². The maximum Gasteiger partial charge on any atom is 0.419 e. The maximum absolute atomic E-state index is 13.9. The van der Waals surface area contributed by atoms with Gasteiger partial charge in [0.05, 0.1) is 17.1 Å². The number of carbonyl (C=O) groups excluding carboxylic acids is 2. The van der Waals surface area contributed by atoms with E-state index < -0.39 is 85.3 Å². The Bertz CT molecular complexity index is 1780. The van der Waals surface area contributed by atoms with Crippen molar-refractivity contribution < 1.29 is 59.5 Å². The SMILES string of the molecule is Cc1cc(C(=O)NC(=O)Oc2cc(C=CS(=O)(=O)Cc3c(F)c(F)c(F)c(F)c3F)ccc2CC(=O)O)ccc1[N+](=O)[O-]. The molecule has 0 aliphatic rings. The molecule has 0 unspecified atom stereocenters. The van der Waals surface area contributed by atoms with Crippen molar-refractivity contribution in [3.05, 3.63) is 109 Å². The molecule has 17 heteroatoms. The Morgan fingerprint density at radius 2 is 1.58 bits per heavy atom. The van der Waals surface area contributed by atoms with Gasteiger partial charge in [0, 0.05) is 33.7 Å². The lowest BCUT2D eigenvalue weighted by Gasteiger charge is -2.11. The summed E-state index contributed by atoms with van der Waals surface area (Å²) in [5.41, 5.74) is -2.10. The number of nitro groups is 1. The van der Waals surface area contributed by atoms with Crippen molar-refractivity contribution in [2.45, 2.75) is 19.1 Å². The second kappa shape index (κ2) is 12.8. The summed E-state index contributed by atoms with van der Waals surface area (Å²) in [5, 5.41) is 22.3. The topological polar surface area (TPSA) is 170 Å². The first-order valence-corrected chi connectivity index (χ1v) is 13.3. The zero-order valence-corrected chi connectivity index (χ0v) is 22.3. The lowest BCUT2D eigenvalue weighted by atomic mass is 10.1. The van der Waals surface area contributed by atoms with Crippen LogP contribution >= 0.6 is 0 Å². The third-order valence-corrected chi connectivity index (χ3v) is 6.86. The number of imide groups is 1. The Hall–Kier alpha value is -5.19. The summed E-state index contributed by atoms with van der Waals surface area (Å²) >= 11 is 0. The van der Waals surface area contributed by atoms with E-state index in [1.54, 1.807) is 0 Å². The maximum atomic E-state index is 13.9. The lowest BCUT2D eigenvalue weighted by molar-refractivity contribution is -0.385. The number of halogens is 5. The summed E-state index contributed by atoms with van der Waals surface area (Å²) in [6, 6.07) is 6.50. The minimum absolute atomic E-state index is 0.0877. The summed E-state index contributed by atoms with van der Waals surface area (Å²) in [6.07, 6.45) is -1.30. The van der Waals surface area contributed by atoms with Crippen LogP contribution in [0.3, 0.4) is 0 Å². The molecule has 0 spiro atoms. The van der Waals surface area contributed by atoms with Gasteiger partial charge in [0.2, 0.25) is 5.82 Å². The number of sulfone groups is 1. The highest BCUT2D eigenvalue weighted by atomic mass is 32.2. The fraction of sp³-hybridized carbons (Fsp3) is 0.115. The zero-order valence-electron chi connectivity index (χ0n) is 21.5. The van der Waals surface area contributed by atoms with E-state index >= 15 is 0 Å². The molecule has 0 atom stereocenters. The Morgan fingerprint density at radius 3 is 2.14 bits per heavy atom. The van der Waals surface area contributed by atoms with Crippen LogP contribution in [0.4, 0.5) is 32.4 Å². The number of hydrogen-bond donors (Lipinski definition) is 2. The summed E-state index contributed by atoms with van der Waals surface area (Å²) < 4.78 is 97.8. The molecule has 0 bridgehead atoms. The van der Waals surface area contributed by atoms with E-state index in [0.717, 1.165) is 42.5 Å². The first kappa shape index (κ1) is 32.3. The molecule has 3 rings (SSSR count). The molecule has 0 aliphatic heterocycles. The second-order valence-corrected chi connectivity index (χ2v) is 10.6. The normalized spacial score (nSPS) is 11.4. The van der Waals surface area contributed by atoms with Crippen LogP contribution in [-0.4, -0.2) is 36.4 Å². The first-order valence-electron chi connectivity index (χ1n) is 11.5. The Morgan fingerprint density at radius 1 is 0.977 bits per heavy atom. The number of aryl methyl sites for hydroxylation is 1. The van der Waals surface area contributed by atoms with E-state index in [1.165, 1.54) is 6.92 Å². The number of carbonyl (C=O) groups is 3. The molecule has 0 saturated carbocycles. The number of carboxylic acid groups (broad SMARTS) is 1. The van der Waals surface area contributed by atoms with Crippen LogP contribution in [0.25, 0.3) is 6.08 Å². The predicted octanol–water partition coefficient (Wildman–Crippen LogP) is 4.74. The van der Waals surface area contributed by atoms with Crippen LogP contribution < -0.4 is 10.1 Å². The van der Waals surface area contributed by atoms with Crippen molar-refractivity contribution in [1.29, 1.82) is 0 Å². The number of ether oxygens (including phenoxy) is 1. The number of nitrogens with zero attached hydrogens (tertiary/aromatic N) is 1. The number of nitrogens with one attached hydrogen (secondary N) is 1. The van der Waals surface area contributed by atoms with Crippen molar-refractivity contribution in [3.63, 3.8) is 0 Å². The first-order chi connectivity index (χ1) is 20.0. The molecule has 3 aromatic rings. The highest BCUT2D eigenvalue weighted by molar-refractivity contribution is 7.93. The fourth-order valence-corrected chi connectivity index (χ4v) is 4.70. The summed E-state index contributed by atoms with van der Waals surface area (Å²) in [4.78, 5) is 46.3. The average molecular weight is 628 g/mol. The van der Waals surface area contributed by atoms with Gasteiger partial charge in [0.25, 0.3) is 11.6 Å². The molecule has 2 N–H and O–H groups in total. The number of hydrogen-bond acceptors (Lipinski definition) is 8. The molecule has 0 radical (unpaired) electrons. The van der Waals surface area contributed by atoms with Crippen LogP contribution in [0.5, 0.6) is 5.75 Å². The van der Waals surface area contributed by atoms with Gasteiger partial charge in [0.15, 0.2) is 33.1 Å². The van der Waals surface area contributed by atoms with Crippen molar-refractivity contribution >= 4 is 39.6 Å². The third-order valence-electron chi connectivity index (χ3n) is 5.62. The van der Waals surface area contributed by atoms with Crippen LogP contribution in [0.2, 0.25) is 0 Å². The van der Waals surface area contributed by atoms with Gasteiger partial charge in [-0.1, -0.05) is 12.1 Å². The van der Waals surface area contributed by atoms with Crippen molar-refractivity contribution in [2.75, 3.05) is 0 Å². The standard InChI is InChI=1S/C26H17F5N2O9S/c1-12-8-15(4-5-17(12)33(38)39)25(36)32-26(37)42-18-9-13(2-3-14(18)10-19(34)35)6-7-43(40,41)11-16-20(27)22(29)24(31)23(30)21(16)28/h2-9H,10-11H2,1H3,(H,34,35)(H,32,36,37). The number of amides is 2. The Kier molecular flexibility index (Phi) is 9.60. The van der Waals surface area contributed by atoms with E-state index in [0.29, 0.717) is 5.41 Å². The largest absolute Gasteiger partial charge is 0.481 e. The molecular formula is C26H17F5N2O9S. The molecule has 0 aromatic heterocycles.